The number of thioether (sulfide) groups is 1. The van der Waals surface area contributed by atoms with Crippen molar-refractivity contribution in [3.05, 3.63) is 47.3 Å². The molecule has 0 unspecified atom stereocenters. The molecule has 1 aliphatic rings. The molecule has 0 amide bonds. The second kappa shape index (κ2) is 7.01. The van der Waals surface area contributed by atoms with Gasteiger partial charge in [0.25, 0.3) is 0 Å². The maximum absolute atomic E-state index is 4.41. The van der Waals surface area contributed by atoms with Crippen LogP contribution in [0.3, 0.4) is 0 Å². The lowest BCUT2D eigenvalue weighted by molar-refractivity contribution is 0.858. The molecule has 5 heteroatoms. The highest BCUT2D eigenvalue weighted by molar-refractivity contribution is 7.99. The molecule has 0 spiro atoms. The van der Waals surface area contributed by atoms with Gasteiger partial charge in [-0.3, -0.25) is 0 Å². The van der Waals surface area contributed by atoms with E-state index in [2.05, 4.69) is 44.5 Å². The minimum absolute atomic E-state index is 0.703. The molecule has 2 aromatic rings. The maximum atomic E-state index is 4.41. The van der Waals surface area contributed by atoms with E-state index in [-0.39, 0.29) is 0 Å². The van der Waals surface area contributed by atoms with Crippen molar-refractivity contribution < 1.29 is 0 Å². The molecule has 1 saturated heterocycles. The number of nitrogens with one attached hydrogen (secondary N) is 1. The van der Waals surface area contributed by atoms with Gasteiger partial charge in [0.2, 0.25) is 5.95 Å². The lowest BCUT2D eigenvalue weighted by Gasteiger charge is -2.28. The SMILES string of the molecule is Cc1cc(C)nc(NCc2ccc(N3CCSCC3)cc2)n1. The first-order valence-electron chi connectivity index (χ1n) is 7.68. The molecule has 0 radical (unpaired) electrons. The Bertz CT molecular complexity index is 601. The Hall–Kier alpha value is -1.75. The average Bonchev–Trinajstić information content (AvgIpc) is 2.53. The Kier molecular flexibility index (Phi) is 4.83. The molecule has 1 aromatic heterocycles. The average molecular weight is 314 g/mol. The van der Waals surface area contributed by atoms with Gasteiger partial charge in [-0.15, -0.1) is 0 Å². The van der Waals surface area contributed by atoms with Crippen molar-refractivity contribution in [2.45, 2.75) is 20.4 Å². The number of aromatic nitrogens is 2. The van der Waals surface area contributed by atoms with E-state index in [0.717, 1.165) is 31.0 Å². The molecule has 0 bridgehead atoms. The lowest BCUT2D eigenvalue weighted by atomic mass is 10.2. The van der Waals surface area contributed by atoms with Crippen molar-refractivity contribution >= 4 is 23.4 Å². The predicted molar refractivity (Wildman–Crippen MR) is 94.8 cm³/mol. The third kappa shape index (κ3) is 3.91. The third-order valence-corrected chi connectivity index (χ3v) is 4.69. The van der Waals surface area contributed by atoms with Crippen LogP contribution in [0.5, 0.6) is 0 Å². The topological polar surface area (TPSA) is 41.1 Å². The van der Waals surface area contributed by atoms with Crippen LogP contribution >= 0.6 is 11.8 Å². The van der Waals surface area contributed by atoms with Crippen molar-refractivity contribution in [3.8, 4) is 0 Å². The standard InChI is InChI=1S/C17H22N4S/c1-13-11-14(2)20-17(19-13)18-12-15-3-5-16(6-4-15)21-7-9-22-10-8-21/h3-6,11H,7-10,12H2,1-2H3,(H,18,19,20). The number of benzene rings is 1. The Morgan fingerprint density at radius 1 is 1.05 bits per heavy atom. The van der Waals surface area contributed by atoms with E-state index in [4.69, 9.17) is 0 Å². The first-order valence-corrected chi connectivity index (χ1v) is 8.84. The van der Waals surface area contributed by atoms with Gasteiger partial charge >= 0.3 is 0 Å². The minimum Gasteiger partial charge on any atom is -0.370 e. The molecule has 4 nitrogen and oxygen atoms in total. The summed E-state index contributed by atoms with van der Waals surface area (Å²) in [6, 6.07) is 10.8. The van der Waals surface area contributed by atoms with Gasteiger partial charge in [0.1, 0.15) is 0 Å². The van der Waals surface area contributed by atoms with Crippen LogP contribution in [0.1, 0.15) is 17.0 Å². The fourth-order valence-electron chi connectivity index (χ4n) is 2.63. The Labute approximate surface area is 136 Å². The first kappa shape index (κ1) is 15.2. The summed E-state index contributed by atoms with van der Waals surface area (Å²) in [5.74, 6) is 3.16. The second-order valence-electron chi connectivity index (χ2n) is 5.59. The Balaban J connectivity index is 1.61. The number of hydrogen-bond acceptors (Lipinski definition) is 5. The predicted octanol–water partition coefficient (Wildman–Crippen LogP) is 3.26. The molecule has 1 N–H and O–H groups in total. The summed E-state index contributed by atoms with van der Waals surface area (Å²) in [6.45, 7) is 7.04. The lowest BCUT2D eigenvalue weighted by Crippen LogP contribution is -2.32. The zero-order chi connectivity index (χ0) is 15.4. The second-order valence-corrected chi connectivity index (χ2v) is 6.82. The molecular formula is C17H22N4S. The van der Waals surface area contributed by atoms with Crippen LogP contribution in [0, 0.1) is 13.8 Å². The van der Waals surface area contributed by atoms with Crippen LogP contribution in [0.25, 0.3) is 0 Å². The summed E-state index contributed by atoms with van der Waals surface area (Å²) in [6.07, 6.45) is 0. The van der Waals surface area contributed by atoms with Gasteiger partial charge in [0, 0.05) is 48.2 Å². The van der Waals surface area contributed by atoms with E-state index in [0.29, 0.717) is 5.95 Å². The smallest absolute Gasteiger partial charge is 0.223 e. The Morgan fingerprint density at radius 2 is 1.68 bits per heavy atom. The van der Waals surface area contributed by atoms with Gasteiger partial charge in [-0.1, -0.05) is 12.1 Å². The zero-order valence-corrected chi connectivity index (χ0v) is 14.0. The minimum atomic E-state index is 0.703. The van der Waals surface area contributed by atoms with Crippen LogP contribution in [0.4, 0.5) is 11.6 Å². The third-order valence-electron chi connectivity index (χ3n) is 3.75. The van der Waals surface area contributed by atoms with Crippen molar-refractivity contribution in [2.75, 3.05) is 34.8 Å². The zero-order valence-electron chi connectivity index (χ0n) is 13.2. The highest BCUT2D eigenvalue weighted by atomic mass is 32.2. The van der Waals surface area contributed by atoms with Crippen molar-refractivity contribution in [1.82, 2.24) is 9.97 Å². The number of rotatable bonds is 4. The van der Waals surface area contributed by atoms with E-state index in [1.165, 1.54) is 22.8 Å². The highest BCUT2D eigenvalue weighted by Crippen LogP contribution is 2.20. The van der Waals surface area contributed by atoms with Crippen molar-refractivity contribution in [2.24, 2.45) is 0 Å². The van der Waals surface area contributed by atoms with Gasteiger partial charge in [0.15, 0.2) is 0 Å². The summed E-state index contributed by atoms with van der Waals surface area (Å²) in [4.78, 5) is 11.3. The largest absolute Gasteiger partial charge is 0.370 e. The van der Waals surface area contributed by atoms with Gasteiger partial charge < -0.3 is 10.2 Å². The quantitative estimate of drug-likeness (QED) is 0.938. The molecule has 1 fully saturated rings. The van der Waals surface area contributed by atoms with E-state index < -0.39 is 0 Å². The van der Waals surface area contributed by atoms with Crippen LogP contribution in [0.15, 0.2) is 30.3 Å². The van der Waals surface area contributed by atoms with Gasteiger partial charge in [0.05, 0.1) is 0 Å². The fraction of sp³-hybridized carbons (Fsp3) is 0.412. The van der Waals surface area contributed by atoms with E-state index in [1.54, 1.807) is 0 Å². The van der Waals surface area contributed by atoms with Crippen molar-refractivity contribution in [3.63, 3.8) is 0 Å². The molecule has 3 rings (SSSR count). The summed E-state index contributed by atoms with van der Waals surface area (Å²) in [7, 11) is 0. The maximum Gasteiger partial charge on any atom is 0.223 e. The molecule has 116 valence electrons. The van der Waals surface area contributed by atoms with Gasteiger partial charge in [-0.05, 0) is 37.6 Å². The highest BCUT2D eigenvalue weighted by Gasteiger charge is 2.10. The molecule has 22 heavy (non-hydrogen) atoms. The van der Waals surface area contributed by atoms with Crippen LogP contribution in [-0.2, 0) is 6.54 Å². The van der Waals surface area contributed by atoms with Crippen LogP contribution in [0.2, 0.25) is 0 Å². The van der Waals surface area contributed by atoms with Gasteiger partial charge in [-0.2, -0.15) is 11.8 Å². The number of nitrogens with zero attached hydrogens (tertiary/aromatic N) is 3. The Morgan fingerprint density at radius 3 is 2.32 bits per heavy atom. The number of aryl methyl sites for hydroxylation is 2. The molecule has 1 aliphatic heterocycles. The summed E-state index contributed by atoms with van der Waals surface area (Å²) < 4.78 is 0. The monoisotopic (exact) mass is 314 g/mol. The van der Waals surface area contributed by atoms with Crippen LogP contribution < -0.4 is 10.2 Å². The van der Waals surface area contributed by atoms with E-state index in [1.807, 2.05) is 31.7 Å². The molecule has 1 aromatic carbocycles. The first-order chi connectivity index (χ1) is 10.7. The molecular weight excluding hydrogens is 292 g/mol. The summed E-state index contributed by atoms with van der Waals surface area (Å²) >= 11 is 2.04. The van der Waals surface area contributed by atoms with E-state index >= 15 is 0 Å². The number of hydrogen-bond donors (Lipinski definition) is 1. The van der Waals surface area contributed by atoms with Crippen LogP contribution in [-0.4, -0.2) is 34.6 Å². The molecule has 0 aliphatic carbocycles. The van der Waals surface area contributed by atoms with Crippen molar-refractivity contribution in [1.29, 1.82) is 0 Å². The van der Waals surface area contributed by atoms with Gasteiger partial charge in [-0.25, -0.2) is 9.97 Å². The molecule has 0 atom stereocenters. The molecule has 2 heterocycles. The summed E-state index contributed by atoms with van der Waals surface area (Å²) in [5.41, 5.74) is 4.56. The normalized spacial score (nSPS) is 14.9. The molecule has 0 saturated carbocycles. The summed E-state index contributed by atoms with van der Waals surface area (Å²) in [5, 5.41) is 3.30. The fourth-order valence-corrected chi connectivity index (χ4v) is 3.54. The number of anilines is 2. The van der Waals surface area contributed by atoms with E-state index in [9.17, 15) is 0 Å².